The van der Waals surface area contributed by atoms with Crippen molar-refractivity contribution in [2.75, 3.05) is 53.5 Å². The van der Waals surface area contributed by atoms with Gasteiger partial charge in [0.05, 0.1) is 14.2 Å². The van der Waals surface area contributed by atoms with E-state index in [0.717, 1.165) is 57.1 Å². The van der Waals surface area contributed by atoms with Gasteiger partial charge in [0.1, 0.15) is 0 Å². The number of carbonyl (C=O) groups excluding carboxylic acids is 1. The van der Waals surface area contributed by atoms with Crippen LogP contribution in [0.1, 0.15) is 18.9 Å². The van der Waals surface area contributed by atoms with Gasteiger partial charge in [-0.05, 0) is 37.1 Å². The number of likely N-dealkylation sites (N-methyl/N-ethyl adjacent to an activating group) is 1. The average molecular weight is 335 g/mol. The molecular formula is C18H29N3O3. The molecule has 134 valence electrons. The summed E-state index contributed by atoms with van der Waals surface area (Å²) in [6.07, 6.45) is 1.79. The SMILES string of the molecule is CCN1CCN(C(=O)NCCCc2ccc(OC)c(OC)c2)CC1. The Balaban J connectivity index is 1.70. The molecule has 2 rings (SSSR count). The highest BCUT2D eigenvalue weighted by Crippen LogP contribution is 2.27. The van der Waals surface area contributed by atoms with E-state index in [9.17, 15) is 4.79 Å². The first-order valence-corrected chi connectivity index (χ1v) is 8.64. The number of piperazine rings is 1. The summed E-state index contributed by atoms with van der Waals surface area (Å²) in [4.78, 5) is 16.4. The standard InChI is InChI=1S/C18H29N3O3/c1-4-20-10-12-21(13-11-20)18(22)19-9-5-6-15-7-8-16(23-2)17(14-15)24-3/h7-8,14H,4-6,9-13H2,1-3H3,(H,19,22). The van der Waals surface area contributed by atoms with Crippen LogP contribution in [0.5, 0.6) is 11.5 Å². The van der Waals surface area contributed by atoms with Crippen LogP contribution in [-0.4, -0.2) is 69.3 Å². The molecule has 0 aliphatic carbocycles. The smallest absolute Gasteiger partial charge is 0.317 e. The van der Waals surface area contributed by atoms with Gasteiger partial charge in [0.25, 0.3) is 0 Å². The Morgan fingerprint density at radius 1 is 1.12 bits per heavy atom. The maximum Gasteiger partial charge on any atom is 0.317 e. The minimum Gasteiger partial charge on any atom is -0.493 e. The van der Waals surface area contributed by atoms with E-state index in [1.807, 2.05) is 23.1 Å². The Kier molecular flexibility index (Phi) is 7.18. The summed E-state index contributed by atoms with van der Waals surface area (Å²) in [5, 5.41) is 3.02. The number of carbonyl (C=O) groups is 1. The maximum atomic E-state index is 12.1. The molecule has 0 radical (unpaired) electrons. The molecule has 0 atom stereocenters. The molecule has 0 unspecified atom stereocenters. The van der Waals surface area contributed by atoms with Crippen LogP contribution < -0.4 is 14.8 Å². The first-order valence-electron chi connectivity index (χ1n) is 8.64. The Morgan fingerprint density at radius 3 is 2.46 bits per heavy atom. The summed E-state index contributed by atoms with van der Waals surface area (Å²) in [7, 11) is 3.27. The van der Waals surface area contributed by atoms with Crippen molar-refractivity contribution in [3.8, 4) is 11.5 Å². The third kappa shape index (κ3) is 5.03. The normalized spacial score (nSPS) is 15.2. The molecule has 1 aliphatic heterocycles. The summed E-state index contributed by atoms with van der Waals surface area (Å²) in [6, 6.07) is 6.00. The highest BCUT2D eigenvalue weighted by Gasteiger charge is 2.19. The molecular weight excluding hydrogens is 306 g/mol. The highest BCUT2D eigenvalue weighted by molar-refractivity contribution is 5.74. The average Bonchev–Trinajstić information content (AvgIpc) is 2.64. The van der Waals surface area contributed by atoms with Crippen molar-refractivity contribution < 1.29 is 14.3 Å². The van der Waals surface area contributed by atoms with Gasteiger partial charge in [-0.1, -0.05) is 13.0 Å². The first kappa shape index (κ1) is 18.4. The van der Waals surface area contributed by atoms with Crippen LogP contribution >= 0.6 is 0 Å². The fourth-order valence-corrected chi connectivity index (χ4v) is 2.90. The van der Waals surface area contributed by atoms with E-state index in [1.165, 1.54) is 5.56 Å². The molecule has 0 aromatic heterocycles. The van der Waals surface area contributed by atoms with Crippen LogP contribution in [0.3, 0.4) is 0 Å². The van der Waals surface area contributed by atoms with Crippen LogP contribution in [0.25, 0.3) is 0 Å². The molecule has 0 bridgehead atoms. The summed E-state index contributed by atoms with van der Waals surface area (Å²) in [5.74, 6) is 1.48. The van der Waals surface area contributed by atoms with Gasteiger partial charge in [-0.2, -0.15) is 0 Å². The van der Waals surface area contributed by atoms with Gasteiger partial charge in [0.15, 0.2) is 11.5 Å². The zero-order chi connectivity index (χ0) is 17.4. The molecule has 24 heavy (non-hydrogen) atoms. The fraction of sp³-hybridized carbons (Fsp3) is 0.611. The summed E-state index contributed by atoms with van der Waals surface area (Å²) < 4.78 is 10.6. The van der Waals surface area contributed by atoms with Gasteiger partial charge in [0, 0.05) is 32.7 Å². The number of aryl methyl sites for hydroxylation is 1. The number of hydrogen-bond acceptors (Lipinski definition) is 4. The van der Waals surface area contributed by atoms with Crippen molar-refractivity contribution in [2.45, 2.75) is 19.8 Å². The van der Waals surface area contributed by atoms with Crippen LogP contribution in [0.15, 0.2) is 18.2 Å². The molecule has 1 fully saturated rings. The number of nitrogens with one attached hydrogen (secondary N) is 1. The van der Waals surface area contributed by atoms with Crippen LogP contribution in [-0.2, 0) is 6.42 Å². The van der Waals surface area contributed by atoms with E-state index >= 15 is 0 Å². The quantitative estimate of drug-likeness (QED) is 0.774. The number of benzene rings is 1. The molecule has 1 aromatic rings. The van der Waals surface area contributed by atoms with Crippen molar-refractivity contribution >= 4 is 6.03 Å². The number of hydrogen-bond donors (Lipinski definition) is 1. The number of amides is 2. The lowest BCUT2D eigenvalue weighted by Crippen LogP contribution is -2.51. The van der Waals surface area contributed by atoms with E-state index in [-0.39, 0.29) is 6.03 Å². The molecule has 6 nitrogen and oxygen atoms in total. The third-order valence-corrected chi connectivity index (χ3v) is 4.47. The molecule has 1 aromatic carbocycles. The minimum atomic E-state index is 0.0538. The van der Waals surface area contributed by atoms with Crippen molar-refractivity contribution in [2.24, 2.45) is 0 Å². The monoisotopic (exact) mass is 335 g/mol. The third-order valence-electron chi connectivity index (χ3n) is 4.47. The maximum absolute atomic E-state index is 12.1. The molecule has 1 N–H and O–H groups in total. The van der Waals surface area contributed by atoms with Crippen molar-refractivity contribution in [3.63, 3.8) is 0 Å². The number of methoxy groups -OCH3 is 2. The summed E-state index contributed by atoms with van der Waals surface area (Å²) in [5.41, 5.74) is 1.18. The Morgan fingerprint density at radius 2 is 1.83 bits per heavy atom. The zero-order valence-electron chi connectivity index (χ0n) is 15.0. The lowest BCUT2D eigenvalue weighted by molar-refractivity contribution is 0.143. The van der Waals surface area contributed by atoms with Gasteiger partial charge in [-0.3, -0.25) is 0 Å². The summed E-state index contributed by atoms with van der Waals surface area (Å²) in [6.45, 7) is 7.46. The number of ether oxygens (including phenoxy) is 2. The van der Waals surface area contributed by atoms with Crippen LogP contribution in [0.2, 0.25) is 0 Å². The number of nitrogens with zero attached hydrogens (tertiary/aromatic N) is 2. The first-order chi connectivity index (χ1) is 11.7. The second kappa shape index (κ2) is 9.37. The van der Waals surface area contributed by atoms with E-state index in [1.54, 1.807) is 14.2 Å². The molecule has 1 saturated heterocycles. The number of rotatable bonds is 7. The predicted molar refractivity (Wildman–Crippen MR) is 95.0 cm³/mol. The van der Waals surface area contributed by atoms with E-state index in [4.69, 9.17) is 9.47 Å². The molecule has 0 spiro atoms. The molecule has 1 heterocycles. The van der Waals surface area contributed by atoms with E-state index < -0.39 is 0 Å². The predicted octanol–water partition coefficient (Wildman–Crippen LogP) is 1.98. The van der Waals surface area contributed by atoms with Gasteiger partial charge in [-0.25, -0.2) is 4.79 Å². The highest BCUT2D eigenvalue weighted by atomic mass is 16.5. The molecule has 1 aliphatic rings. The fourth-order valence-electron chi connectivity index (χ4n) is 2.90. The van der Waals surface area contributed by atoms with Gasteiger partial charge in [0.2, 0.25) is 0 Å². The van der Waals surface area contributed by atoms with Gasteiger partial charge < -0.3 is 24.6 Å². The summed E-state index contributed by atoms with van der Waals surface area (Å²) >= 11 is 0. The van der Waals surface area contributed by atoms with Crippen molar-refractivity contribution in [1.82, 2.24) is 15.1 Å². The van der Waals surface area contributed by atoms with Crippen LogP contribution in [0, 0.1) is 0 Å². The van der Waals surface area contributed by atoms with E-state index in [0.29, 0.717) is 6.54 Å². The topological polar surface area (TPSA) is 54.0 Å². The minimum absolute atomic E-state index is 0.0538. The second-order valence-electron chi connectivity index (χ2n) is 5.95. The van der Waals surface area contributed by atoms with Crippen LogP contribution in [0.4, 0.5) is 4.79 Å². The Labute approximate surface area is 144 Å². The number of urea groups is 1. The largest absolute Gasteiger partial charge is 0.493 e. The van der Waals surface area contributed by atoms with E-state index in [2.05, 4.69) is 17.1 Å². The molecule has 6 heteroatoms. The Hall–Kier alpha value is -1.95. The molecule has 0 saturated carbocycles. The Bertz CT molecular complexity index is 528. The lowest BCUT2D eigenvalue weighted by atomic mass is 10.1. The van der Waals surface area contributed by atoms with Gasteiger partial charge in [-0.15, -0.1) is 0 Å². The van der Waals surface area contributed by atoms with Crippen molar-refractivity contribution in [3.05, 3.63) is 23.8 Å². The van der Waals surface area contributed by atoms with Gasteiger partial charge >= 0.3 is 6.03 Å². The second-order valence-corrected chi connectivity index (χ2v) is 5.95. The zero-order valence-corrected chi connectivity index (χ0v) is 15.0. The van der Waals surface area contributed by atoms with Crippen molar-refractivity contribution in [1.29, 1.82) is 0 Å². The lowest BCUT2D eigenvalue weighted by Gasteiger charge is -2.34. The molecule has 2 amide bonds.